The number of aromatic nitrogens is 4. The highest BCUT2D eigenvalue weighted by molar-refractivity contribution is 7.11. The third-order valence-electron chi connectivity index (χ3n) is 2.49. The summed E-state index contributed by atoms with van der Waals surface area (Å²) in [6, 6.07) is -0.205. The van der Waals surface area contributed by atoms with Crippen LogP contribution in [-0.4, -0.2) is 33.0 Å². The van der Waals surface area contributed by atoms with Crippen molar-refractivity contribution in [1.82, 2.24) is 25.3 Å². The van der Waals surface area contributed by atoms with Crippen molar-refractivity contribution < 1.29 is 9.53 Å². The molecule has 0 saturated carbocycles. The molecule has 0 aromatic carbocycles. The van der Waals surface area contributed by atoms with Crippen LogP contribution < -0.4 is 10.1 Å². The monoisotopic (exact) mass is 281 g/mol. The van der Waals surface area contributed by atoms with Crippen molar-refractivity contribution in [3.8, 4) is 5.88 Å². The fraction of sp³-hybridized carbons (Fsp3) is 0.455. The fourth-order valence-electron chi connectivity index (χ4n) is 1.60. The first-order valence-electron chi connectivity index (χ1n) is 5.69. The number of amides is 1. The van der Waals surface area contributed by atoms with Crippen LogP contribution in [0.5, 0.6) is 5.88 Å². The molecule has 2 aromatic rings. The van der Waals surface area contributed by atoms with E-state index in [-0.39, 0.29) is 11.9 Å². The SMILES string of the molecule is COc1nn(C)cc1C(=O)NC(C)c1nnc(C)s1. The maximum Gasteiger partial charge on any atom is 0.258 e. The molecule has 102 valence electrons. The van der Waals surface area contributed by atoms with Crippen molar-refractivity contribution in [2.45, 2.75) is 19.9 Å². The van der Waals surface area contributed by atoms with Gasteiger partial charge in [0.25, 0.3) is 5.91 Å². The van der Waals surface area contributed by atoms with Crippen LogP contribution in [0.1, 0.15) is 33.3 Å². The molecule has 1 unspecified atom stereocenters. The summed E-state index contributed by atoms with van der Waals surface area (Å²) in [4.78, 5) is 12.1. The van der Waals surface area contributed by atoms with E-state index in [1.807, 2.05) is 13.8 Å². The van der Waals surface area contributed by atoms with E-state index in [1.54, 1.807) is 13.2 Å². The minimum Gasteiger partial charge on any atom is -0.479 e. The van der Waals surface area contributed by atoms with Gasteiger partial charge in [0.1, 0.15) is 15.6 Å². The Labute approximate surface area is 114 Å². The van der Waals surface area contributed by atoms with Gasteiger partial charge in [0.2, 0.25) is 5.88 Å². The lowest BCUT2D eigenvalue weighted by Gasteiger charge is -2.09. The first kappa shape index (κ1) is 13.5. The van der Waals surface area contributed by atoms with E-state index < -0.39 is 0 Å². The number of carbonyl (C=O) groups excluding carboxylic acids is 1. The Balaban J connectivity index is 2.12. The van der Waals surface area contributed by atoms with Crippen LogP contribution in [0, 0.1) is 6.92 Å². The molecule has 0 aliphatic carbocycles. The molecule has 2 rings (SSSR count). The Kier molecular flexibility index (Phi) is 3.79. The van der Waals surface area contributed by atoms with E-state index >= 15 is 0 Å². The number of nitrogens with zero attached hydrogens (tertiary/aromatic N) is 4. The molecule has 0 saturated heterocycles. The minimum atomic E-state index is -0.245. The highest BCUT2D eigenvalue weighted by Gasteiger charge is 2.20. The van der Waals surface area contributed by atoms with Gasteiger partial charge < -0.3 is 10.1 Å². The molecule has 0 aliphatic rings. The molecule has 19 heavy (non-hydrogen) atoms. The molecule has 1 atom stereocenters. The largest absolute Gasteiger partial charge is 0.479 e. The molecule has 0 spiro atoms. The van der Waals surface area contributed by atoms with Crippen LogP contribution in [0.2, 0.25) is 0 Å². The van der Waals surface area contributed by atoms with Gasteiger partial charge >= 0.3 is 0 Å². The van der Waals surface area contributed by atoms with E-state index in [2.05, 4.69) is 20.6 Å². The Morgan fingerprint density at radius 2 is 2.26 bits per heavy atom. The van der Waals surface area contributed by atoms with E-state index in [9.17, 15) is 4.79 Å². The number of ether oxygens (including phenoxy) is 1. The third-order valence-corrected chi connectivity index (χ3v) is 3.51. The molecule has 1 N–H and O–H groups in total. The van der Waals surface area contributed by atoms with Crippen LogP contribution in [0.15, 0.2) is 6.20 Å². The Morgan fingerprint density at radius 3 is 2.84 bits per heavy atom. The number of methoxy groups -OCH3 is 1. The average Bonchev–Trinajstić information content (AvgIpc) is 2.95. The average molecular weight is 281 g/mol. The topological polar surface area (TPSA) is 81.9 Å². The third kappa shape index (κ3) is 2.90. The van der Waals surface area contributed by atoms with Gasteiger partial charge in [-0.05, 0) is 13.8 Å². The number of rotatable bonds is 4. The number of carbonyl (C=O) groups is 1. The van der Waals surface area contributed by atoms with Crippen molar-refractivity contribution >= 4 is 17.2 Å². The molecule has 2 aromatic heterocycles. The maximum atomic E-state index is 12.1. The summed E-state index contributed by atoms with van der Waals surface area (Å²) in [5.41, 5.74) is 0.401. The van der Waals surface area contributed by atoms with Crippen molar-refractivity contribution in [1.29, 1.82) is 0 Å². The van der Waals surface area contributed by atoms with Gasteiger partial charge in [-0.1, -0.05) is 11.3 Å². The highest BCUT2D eigenvalue weighted by atomic mass is 32.1. The van der Waals surface area contributed by atoms with Crippen LogP contribution in [-0.2, 0) is 7.05 Å². The normalized spacial score (nSPS) is 12.2. The summed E-state index contributed by atoms with van der Waals surface area (Å²) in [5.74, 6) is 0.0611. The summed E-state index contributed by atoms with van der Waals surface area (Å²) in [7, 11) is 3.22. The predicted octanol–water partition coefficient (Wildman–Crippen LogP) is 1.08. The van der Waals surface area contributed by atoms with E-state index in [4.69, 9.17) is 4.74 Å². The zero-order chi connectivity index (χ0) is 14.0. The number of aryl methyl sites for hydroxylation is 2. The van der Waals surface area contributed by atoms with Crippen molar-refractivity contribution in [3.05, 3.63) is 21.8 Å². The summed E-state index contributed by atoms with van der Waals surface area (Å²) in [6.45, 7) is 3.74. The zero-order valence-electron chi connectivity index (χ0n) is 11.2. The zero-order valence-corrected chi connectivity index (χ0v) is 12.0. The lowest BCUT2D eigenvalue weighted by Crippen LogP contribution is -2.26. The number of hydrogen-bond acceptors (Lipinski definition) is 6. The number of hydrogen-bond donors (Lipinski definition) is 1. The van der Waals surface area contributed by atoms with Crippen LogP contribution in [0.3, 0.4) is 0 Å². The van der Waals surface area contributed by atoms with Gasteiger partial charge in [0.15, 0.2) is 0 Å². The summed E-state index contributed by atoms with van der Waals surface area (Å²) in [5, 5.41) is 16.5. The second-order valence-electron chi connectivity index (χ2n) is 4.08. The molecule has 0 bridgehead atoms. The lowest BCUT2D eigenvalue weighted by molar-refractivity contribution is 0.0936. The van der Waals surface area contributed by atoms with E-state index in [0.717, 1.165) is 10.0 Å². The van der Waals surface area contributed by atoms with Gasteiger partial charge in [0.05, 0.1) is 13.2 Å². The van der Waals surface area contributed by atoms with E-state index in [0.29, 0.717) is 11.4 Å². The number of nitrogens with one attached hydrogen (secondary N) is 1. The van der Waals surface area contributed by atoms with Gasteiger partial charge in [-0.2, -0.15) is 0 Å². The first-order valence-corrected chi connectivity index (χ1v) is 6.51. The Bertz CT molecular complexity index is 592. The van der Waals surface area contributed by atoms with Crippen LogP contribution in [0.4, 0.5) is 0 Å². The van der Waals surface area contributed by atoms with Gasteiger partial charge in [-0.3, -0.25) is 9.48 Å². The Morgan fingerprint density at radius 1 is 1.53 bits per heavy atom. The first-order chi connectivity index (χ1) is 9.01. The van der Waals surface area contributed by atoms with Gasteiger partial charge in [0, 0.05) is 13.2 Å². The molecular formula is C11H15N5O2S. The van der Waals surface area contributed by atoms with Crippen molar-refractivity contribution in [2.24, 2.45) is 7.05 Å². The summed E-state index contributed by atoms with van der Waals surface area (Å²) in [6.07, 6.45) is 1.62. The molecule has 0 aliphatic heterocycles. The van der Waals surface area contributed by atoms with Crippen molar-refractivity contribution in [2.75, 3.05) is 7.11 Å². The quantitative estimate of drug-likeness (QED) is 0.906. The molecular weight excluding hydrogens is 266 g/mol. The molecule has 8 heteroatoms. The summed E-state index contributed by atoms with van der Waals surface area (Å²) < 4.78 is 6.60. The molecule has 7 nitrogen and oxygen atoms in total. The second kappa shape index (κ2) is 5.35. The van der Waals surface area contributed by atoms with Crippen molar-refractivity contribution in [3.63, 3.8) is 0 Å². The molecule has 1 amide bonds. The highest BCUT2D eigenvalue weighted by Crippen LogP contribution is 2.19. The lowest BCUT2D eigenvalue weighted by atomic mass is 10.3. The van der Waals surface area contributed by atoms with Crippen LogP contribution in [0.25, 0.3) is 0 Å². The predicted molar refractivity (Wildman–Crippen MR) is 70.3 cm³/mol. The van der Waals surface area contributed by atoms with Gasteiger partial charge in [-0.25, -0.2) is 0 Å². The Hall–Kier alpha value is -1.96. The minimum absolute atomic E-state index is 0.205. The maximum absolute atomic E-state index is 12.1. The second-order valence-corrected chi connectivity index (χ2v) is 5.29. The van der Waals surface area contributed by atoms with Crippen LogP contribution >= 0.6 is 11.3 Å². The molecule has 0 radical (unpaired) electrons. The molecule has 0 fully saturated rings. The van der Waals surface area contributed by atoms with Gasteiger partial charge in [-0.15, -0.1) is 15.3 Å². The smallest absolute Gasteiger partial charge is 0.258 e. The summed E-state index contributed by atoms with van der Waals surface area (Å²) >= 11 is 1.46. The standard InChI is InChI=1S/C11H15N5O2S/c1-6(11-14-13-7(2)19-11)12-9(17)8-5-16(3)15-10(8)18-4/h5-6H,1-4H3,(H,12,17). The van der Waals surface area contributed by atoms with E-state index in [1.165, 1.54) is 23.1 Å². The molecule has 2 heterocycles. The fourth-order valence-corrected chi connectivity index (χ4v) is 2.30.